The first-order valence-corrected chi connectivity index (χ1v) is 6.44. The highest BCUT2D eigenvalue weighted by atomic mass is 16.5. The molecule has 3 aromatic rings. The molecule has 0 amide bonds. The van der Waals surface area contributed by atoms with E-state index < -0.39 is 0 Å². The highest BCUT2D eigenvalue weighted by molar-refractivity contribution is 6.05. The molecule has 0 bridgehead atoms. The number of nitrogens with one attached hydrogen (secondary N) is 1. The van der Waals surface area contributed by atoms with Crippen LogP contribution in [0, 0.1) is 0 Å². The predicted octanol–water partition coefficient (Wildman–Crippen LogP) is 2.86. The number of allylic oxidation sites excluding steroid dienone is 1. The number of carbonyl (C=O) groups is 1. The van der Waals surface area contributed by atoms with E-state index in [1.807, 2.05) is 30.3 Å². The fourth-order valence-electron chi connectivity index (χ4n) is 1.95. The Morgan fingerprint density at radius 1 is 1.14 bits per heavy atom. The number of pyridine rings is 1. The van der Waals surface area contributed by atoms with E-state index in [0.29, 0.717) is 17.4 Å². The maximum absolute atomic E-state index is 12.1. The molecule has 1 N–H and O–H groups in total. The molecule has 0 atom stereocenters. The van der Waals surface area contributed by atoms with Crippen molar-refractivity contribution in [3.05, 3.63) is 60.1 Å². The topological polar surface area (TPSA) is 67.9 Å². The third kappa shape index (κ3) is 2.81. The number of aromatic amines is 1. The standard InChI is InChI=1S/C16H13N3O2/c1-21-15-8-4-5-11(17-15)9-10-14(20)16-18-12-6-2-3-7-13(12)19-16/h2-10H,1H3,(H,18,19)/b10-9+. The maximum atomic E-state index is 12.1. The molecule has 21 heavy (non-hydrogen) atoms. The molecule has 2 aromatic heterocycles. The number of ketones is 1. The zero-order valence-corrected chi connectivity index (χ0v) is 11.4. The lowest BCUT2D eigenvalue weighted by Gasteiger charge is -1.98. The number of benzene rings is 1. The summed E-state index contributed by atoms with van der Waals surface area (Å²) in [6, 6.07) is 12.9. The average molecular weight is 279 g/mol. The van der Waals surface area contributed by atoms with Gasteiger partial charge in [-0.25, -0.2) is 9.97 Å². The SMILES string of the molecule is COc1cccc(/C=C/C(=O)c2nc3ccccc3[nH]2)n1. The monoisotopic (exact) mass is 279 g/mol. The van der Waals surface area contributed by atoms with Gasteiger partial charge >= 0.3 is 0 Å². The Kier molecular flexibility index (Phi) is 3.47. The predicted molar refractivity (Wildman–Crippen MR) is 80.2 cm³/mol. The van der Waals surface area contributed by atoms with E-state index in [-0.39, 0.29) is 5.78 Å². The minimum absolute atomic E-state index is 0.198. The van der Waals surface area contributed by atoms with Crippen LogP contribution in [0.25, 0.3) is 17.1 Å². The third-order valence-corrected chi connectivity index (χ3v) is 2.98. The molecule has 5 heteroatoms. The van der Waals surface area contributed by atoms with Crippen molar-refractivity contribution >= 4 is 22.9 Å². The molecular weight excluding hydrogens is 266 g/mol. The second kappa shape index (κ2) is 5.58. The number of rotatable bonds is 4. The number of carbonyl (C=O) groups excluding carboxylic acids is 1. The van der Waals surface area contributed by atoms with Crippen molar-refractivity contribution < 1.29 is 9.53 Å². The van der Waals surface area contributed by atoms with Gasteiger partial charge in [-0.15, -0.1) is 0 Å². The number of para-hydroxylation sites is 2. The molecule has 0 saturated heterocycles. The molecule has 0 fully saturated rings. The minimum Gasteiger partial charge on any atom is -0.481 e. The van der Waals surface area contributed by atoms with Gasteiger partial charge in [0.15, 0.2) is 5.82 Å². The fourth-order valence-corrected chi connectivity index (χ4v) is 1.95. The fraction of sp³-hybridized carbons (Fsp3) is 0.0625. The van der Waals surface area contributed by atoms with Gasteiger partial charge in [-0.2, -0.15) is 0 Å². The van der Waals surface area contributed by atoms with Crippen LogP contribution in [0.4, 0.5) is 0 Å². The van der Waals surface area contributed by atoms with Gasteiger partial charge < -0.3 is 9.72 Å². The lowest BCUT2D eigenvalue weighted by Crippen LogP contribution is -1.97. The summed E-state index contributed by atoms with van der Waals surface area (Å²) < 4.78 is 5.04. The number of fused-ring (bicyclic) bond motifs is 1. The first-order chi connectivity index (χ1) is 10.3. The van der Waals surface area contributed by atoms with Crippen LogP contribution in [0.5, 0.6) is 5.88 Å². The highest BCUT2D eigenvalue weighted by Crippen LogP contribution is 2.12. The van der Waals surface area contributed by atoms with Crippen molar-refractivity contribution in [1.82, 2.24) is 15.0 Å². The summed E-state index contributed by atoms with van der Waals surface area (Å²) >= 11 is 0. The molecule has 0 spiro atoms. The largest absolute Gasteiger partial charge is 0.481 e. The summed E-state index contributed by atoms with van der Waals surface area (Å²) in [4.78, 5) is 23.6. The van der Waals surface area contributed by atoms with Gasteiger partial charge in [0.05, 0.1) is 23.8 Å². The van der Waals surface area contributed by atoms with Crippen molar-refractivity contribution in [2.75, 3.05) is 7.11 Å². The van der Waals surface area contributed by atoms with Crippen LogP contribution in [0.2, 0.25) is 0 Å². The van der Waals surface area contributed by atoms with E-state index in [9.17, 15) is 4.79 Å². The Morgan fingerprint density at radius 2 is 2.00 bits per heavy atom. The number of ether oxygens (including phenoxy) is 1. The highest BCUT2D eigenvalue weighted by Gasteiger charge is 2.08. The van der Waals surface area contributed by atoms with Gasteiger partial charge in [0.2, 0.25) is 11.7 Å². The van der Waals surface area contributed by atoms with Gasteiger partial charge in [-0.1, -0.05) is 18.2 Å². The van der Waals surface area contributed by atoms with Crippen molar-refractivity contribution in [3.63, 3.8) is 0 Å². The zero-order chi connectivity index (χ0) is 14.7. The molecule has 0 aliphatic rings. The molecule has 5 nitrogen and oxygen atoms in total. The number of aromatic nitrogens is 3. The van der Waals surface area contributed by atoms with Crippen molar-refractivity contribution in [2.24, 2.45) is 0 Å². The lowest BCUT2D eigenvalue weighted by atomic mass is 10.2. The van der Waals surface area contributed by atoms with E-state index in [0.717, 1.165) is 11.0 Å². The Labute approximate surface area is 121 Å². The van der Waals surface area contributed by atoms with Crippen molar-refractivity contribution in [1.29, 1.82) is 0 Å². The number of hydrogen-bond acceptors (Lipinski definition) is 4. The smallest absolute Gasteiger partial charge is 0.221 e. The summed E-state index contributed by atoms with van der Waals surface area (Å²) in [5, 5.41) is 0. The zero-order valence-electron chi connectivity index (χ0n) is 11.4. The van der Waals surface area contributed by atoms with Gasteiger partial charge in [0.25, 0.3) is 0 Å². The Morgan fingerprint density at radius 3 is 2.81 bits per heavy atom. The normalized spacial score (nSPS) is 11.1. The molecule has 0 saturated carbocycles. The van der Waals surface area contributed by atoms with E-state index in [1.54, 1.807) is 25.3 Å². The quantitative estimate of drug-likeness (QED) is 0.589. The van der Waals surface area contributed by atoms with E-state index in [4.69, 9.17) is 4.74 Å². The average Bonchev–Trinajstić information content (AvgIpc) is 2.97. The first kappa shape index (κ1) is 13.1. The number of hydrogen-bond donors (Lipinski definition) is 1. The van der Waals surface area contributed by atoms with Crippen LogP contribution in [-0.2, 0) is 0 Å². The van der Waals surface area contributed by atoms with Crippen molar-refractivity contribution in [3.8, 4) is 5.88 Å². The Hall–Kier alpha value is -2.95. The summed E-state index contributed by atoms with van der Waals surface area (Å²) in [6.07, 6.45) is 3.08. The van der Waals surface area contributed by atoms with Gasteiger partial charge in [0, 0.05) is 6.07 Å². The number of nitrogens with zero attached hydrogens (tertiary/aromatic N) is 2. The molecule has 1 aromatic carbocycles. The van der Waals surface area contributed by atoms with Gasteiger partial charge in [-0.05, 0) is 30.4 Å². The molecule has 3 rings (SSSR count). The number of H-pyrrole nitrogens is 1. The molecule has 0 aliphatic heterocycles. The summed E-state index contributed by atoms with van der Waals surface area (Å²) in [5.74, 6) is 0.625. The van der Waals surface area contributed by atoms with Gasteiger partial charge in [0.1, 0.15) is 0 Å². The van der Waals surface area contributed by atoms with E-state index in [2.05, 4.69) is 15.0 Å². The van der Waals surface area contributed by atoms with E-state index in [1.165, 1.54) is 6.08 Å². The van der Waals surface area contributed by atoms with E-state index >= 15 is 0 Å². The summed E-state index contributed by atoms with van der Waals surface area (Å²) in [6.45, 7) is 0. The molecule has 0 radical (unpaired) electrons. The molecular formula is C16H13N3O2. The molecule has 0 aliphatic carbocycles. The third-order valence-electron chi connectivity index (χ3n) is 2.98. The minimum atomic E-state index is -0.198. The first-order valence-electron chi connectivity index (χ1n) is 6.44. The van der Waals surface area contributed by atoms with Crippen LogP contribution in [0.15, 0.2) is 48.5 Å². The number of methoxy groups -OCH3 is 1. The number of imidazole rings is 1. The van der Waals surface area contributed by atoms with Crippen LogP contribution in [-0.4, -0.2) is 27.8 Å². The lowest BCUT2D eigenvalue weighted by molar-refractivity contribution is 0.103. The molecule has 0 unspecified atom stereocenters. The Balaban J connectivity index is 1.83. The Bertz CT molecular complexity index is 788. The van der Waals surface area contributed by atoms with Gasteiger partial charge in [-0.3, -0.25) is 4.79 Å². The molecule has 104 valence electrons. The second-order valence-electron chi connectivity index (χ2n) is 4.40. The molecule has 2 heterocycles. The van der Waals surface area contributed by atoms with Crippen LogP contribution in [0.3, 0.4) is 0 Å². The van der Waals surface area contributed by atoms with Crippen LogP contribution in [0.1, 0.15) is 16.3 Å². The summed E-state index contributed by atoms with van der Waals surface area (Å²) in [5.41, 5.74) is 2.27. The second-order valence-corrected chi connectivity index (χ2v) is 4.40. The van der Waals surface area contributed by atoms with Crippen LogP contribution >= 0.6 is 0 Å². The maximum Gasteiger partial charge on any atom is 0.221 e. The summed E-state index contributed by atoms with van der Waals surface area (Å²) in [7, 11) is 1.55. The van der Waals surface area contributed by atoms with Crippen molar-refractivity contribution in [2.45, 2.75) is 0 Å². The van der Waals surface area contributed by atoms with Crippen LogP contribution < -0.4 is 4.74 Å².